The molecule has 0 aliphatic carbocycles. The Bertz CT molecular complexity index is 909. The quantitative estimate of drug-likeness (QED) is 0.629. The van der Waals surface area contributed by atoms with Gasteiger partial charge in [0.2, 0.25) is 6.79 Å². The zero-order valence-corrected chi connectivity index (χ0v) is 15.3. The molecule has 1 saturated heterocycles. The van der Waals surface area contributed by atoms with Crippen LogP contribution >= 0.6 is 0 Å². The highest BCUT2D eigenvalue weighted by Crippen LogP contribution is 2.33. The van der Waals surface area contributed by atoms with Gasteiger partial charge in [-0.2, -0.15) is 0 Å². The molecule has 2 aliphatic rings. The third-order valence-electron chi connectivity index (χ3n) is 5.02. The molecule has 2 aromatic carbocycles. The van der Waals surface area contributed by atoms with Crippen molar-refractivity contribution < 1.29 is 19.2 Å². The van der Waals surface area contributed by atoms with E-state index in [4.69, 9.17) is 9.47 Å². The number of carbonyl (C=O) groups is 1. The largest absolute Gasteiger partial charge is 0.454 e. The summed E-state index contributed by atoms with van der Waals surface area (Å²) < 4.78 is 10.6. The van der Waals surface area contributed by atoms with Gasteiger partial charge in [0.15, 0.2) is 11.5 Å². The standard InChI is InChI=1S/C20H21N3O5/c24-20(21-12-14-4-7-18-19(10-14)28-13-27-18)15-5-6-16(17(11-15)23(25)26)22-8-2-1-3-9-22/h4-7,10-11H,1-3,8-9,12-13H2,(H,21,24). The molecule has 0 unspecified atom stereocenters. The number of anilines is 1. The Balaban J connectivity index is 1.47. The molecule has 1 fully saturated rings. The minimum atomic E-state index is -0.418. The fraction of sp³-hybridized carbons (Fsp3) is 0.350. The van der Waals surface area contributed by atoms with Gasteiger partial charge in [-0.25, -0.2) is 0 Å². The van der Waals surface area contributed by atoms with Gasteiger partial charge in [-0.05, 0) is 49.1 Å². The molecule has 0 aromatic heterocycles. The summed E-state index contributed by atoms with van der Waals surface area (Å²) in [5.41, 5.74) is 1.68. The zero-order chi connectivity index (χ0) is 19.5. The van der Waals surface area contributed by atoms with Crippen molar-refractivity contribution >= 4 is 17.3 Å². The lowest BCUT2D eigenvalue weighted by Gasteiger charge is -2.28. The number of nitro benzene ring substituents is 1. The Hall–Kier alpha value is -3.29. The molecule has 2 aliphatic heterocycles. The number of piperidine rings is 1. The maximum atomic E-state index is 12.5. The van der Waals surface area contributed by atoms with Crippen LogP contribution in [0, 0.1) is 10.1 Å². The number of nitrogens with zero attached hydrogens (tertiary/aromatic N) is 2. The van der Waals surface area contributed by atoms with Crippen LogP contribution in [0.25, 0.3) is 0 Å². The minimum absolute atomic E-state index is 0.0300. The van der Waals surface area contributed by atoms with E-state index >= 15 is 0 Å². The van der Waals surface area contributed by atoms with Crippen molar-refractivity contribution in [1.82, 2.24) is 5.32 Å². The van der Waals surface area contributed by atoms with Crippen LogP contribution in [0.3, 0.4) is 0 Å². The zero-order valence-electron chi connectivity index (χ0n) is 15.3. The molecule has 28 heavy (non-hydrogen) atoms. The molecular weight excluding hydrogens is 362 g/mol. The van der Waals surface area contributed by atoms with Crippen LogP contribution in [0.5, 0.6) is 11.5 Å². The molecule has 0 bridgehead atoms. The molecule has 8 heteroatoms. The average Bonchev–Trinajstić information content (AvgIpc) is 3.20. The number of carbonyl (C=O) groups excluding carboxylic acids is 1. The monoisotopic (exact) mass is 383 g/mol. The van der Waals surface area contributed by atoms with E-state index in [2.05, 4.69) is 5.32 Å². The van der Waals surface area contributed by atoms with Gasteiger partial charge in [-0.3, -0.25) is 14.9 Å². The second-order valence-electron chi connectivity index (χ2n) is 6.88. The van der Waals surface area contributed by atoms with Crippen molar-refractivity contribution in [2.24, 2.45) is 0 Å². The summed E-state index contributed by atoms with van der Waals surface area (Å²) in [6, 6.07) is 10.1. The molecule has 146 valence electrons. The van der Waals surface area contributed by atoms with E-state index < -0.39 is 4.92 Å². The highest BCUT2D eigenvalue weighted by molar-refractivity contribution is 5.95. The first kappa shape index (κ1) is 18.1. The molecule has 8 nitrogen and oxygen atoms in total. The third-order valence-corrected chi connectivity index (χ3v) is 5.02. The molecular formula is C20H21N3O5. The number of ether oxygens (including phenoxy) is 2. The Labute approximate surface area is 162 Å². The maximum absolute atomic E-state index is 12.5. The third kappa shape index (κ3) is 3.71. The fourth-order valence-corrected chi connectivity index (χ4v) is 3.55. The van der Waals surface area contributed by atoms with Crippen molar-refractivity contribution in [2.75, 3.05) is 24.8 Å². The summed E-state index contributed by atoms with van der Waals surface area (Å²) in [6.07, 6.45) is 3.19. The van der Waals surface area contributed by atoms with Gasteiger partial charge in [0.1, 0.15) is 5.69 Å². The number of benzene rings is 2. The highest BCUT2D eigenvalue weighted by Gasteiger charge is 2.23. The predicted octanol–water partition coefficient (Wildman–Crippen LogP) is 3.24. The van der Waals surface area contributed by atoms with E-state index in [0.29, 0.717) is 17.2 Å². The van der Waals surface area contributed by atoms with Crippen molar-refractivity contribution in [3.63, 3.8) is 0 Å². The van der Waals surface area contributed by atoms with Crippen LogP contribution in [-0.2, 0) is 6.54 Å². The number of hydrogen-bond donors (Lipinski definition) is 1. The number of amides is 1. The van der Waals surface area contributed by atoms with Crippen LogP contribution < -0.4 is 19.7 Å². The number of nitro groups is 1. The van der Waals surface area contributed by atoms with Gasteiger partial charge in [0.25, 0.3) is 11.6 Å². The summed E-state index contributed by atoms with van der Waals surface area (Å²) >= 11 is 0. The van der Waals surface area contributed by atoms with Gasteiger partial charge < -0.3 is 19.7 Å². The van der Waals surface area contributed by atoms with Crippen molar-refractivity contribution in [2.45, 2.75) is 25.8 Å². The van der Waals surface area contributed by atoms with E-state index in [1.54, 1.807) is 18.2 Å². The van der Waals surface area contributed by atoms with E-state index in [1.165, 1.54) is 6.07 Å². The van der Waals surface area contributed by atoms with Crippen molar-refractivity contribution in [3.05, 3.63) is 57.6 Å². The highest BCUT2D eigenvalue weighted by atomic mass is 16.7. The van der Waals surface area contributed by atoms with Crippen LogP contribution in [0.15, 0.2) is 36.4 Å². The van der Waals surface area contributed by atoms with Crippen LogP contribution in [-0.4, -0.2) is 30.7 Å². The number of nitrogens with one attached hydrogen (secondary N) is 1. The number of hydrogen-bond acceptors (Lipinski definition) is 6. The summed E-state index contributed by atoms with van der Waals surface area (Å²) in [5.74, 6) is 0.971. The van der Waals surface area contributed by atoms with E-state index in [9.17, 15) is 14.9 Å². The normalized spacial score (nSPS) is 15.4. The summed E-state index contributed by atoms with van der Waals surface area (Å²) in [7, 11) is 0. The SMILES string of the molecule is O=C(NCc1ccc2c(c1)OCO2)c1ccc(N2CCCCC2)c([N+](=O)[O-])c1. The maximum Gasteiger partial charge on any atom is 0.293 e. The molecule has 4 rings (SSSR count). The van der Waals surface area contributed by atoms with Crippen LogP contribution in [0.2, 0.25) is 0 Å². The van der Waals surface area contributed by atoms with E-state index in [1.807, 2.05) is 17.0 Å². The smallest absolute Gasteiger partial charge is 0.293 e. The average molecular weight is 383 g/mol. The first-order valence-electron chi connectivity index (χ1n) is 9.32. The molecule has 0 radical (unpaired) electrons. The summed E-state index contributed by atoms with van der Waals surface area (Å²) in [4.78, 5) is 25.7. The molecule has 0 atom stereocenters. The molecule has 2 aromatic rings. The van der Waals surface area contributed by atoms with Crippen molar-refractivity contribution in [3.8, 4) is 11.5 Å². The lowest BCUT2D eigenvalue weighted by atomic mass is 10.1. The van der Waals surface area contributed by atoms with E-state index in [-0.39, 0.29) is 30.5 Å². The lowest BCUT2D eigenvalue weighted by Crippen LogP contribution is -2.30. The summed E-state index contributed by atoms with van der Waals surface area (Å²) in [6.45, 7) is 2.09. The Morgan fingerprint density at radius 3 is 2.64 bits per heavy atom. The van der Waals surface area contributed by atoms with Crippen molar-refractivity contribution in [1.29, 1.82) is 0 Å². The van der Waals surface area contributed by atoms with Gasteiger partial charge in [0, 0.05) is 31.3 Å². The number of fused-ring (bicyclic) bond motifs is 1. The molecule has 2 heterocycles. The van der Waals surface area contributed by atoms with Gasteiger partial charge in [-0.15, -0.1) is 0 Å². The minimum Gasteiger partial charge on any atom is -0.454 e. The van der Waals surface area contributed by atoms with Gasteiger partial charge in [0.05, 0.1) is 4.92 Å². The summed E-state index contributed by atoms with van der Waals surface area (Å²) in [5, 5.41) is 14.3. The molecule has 0 saturated carbocycles. The van der Waals surface area contributed by atoms with Crippen LogP contribution in [0.4, 0.5) is 11.4 Å². The first-order chi connectivity index (χ1) is 13.6. The second-order valence-corrected chi connectivity index (χ2v) is 6.88. The Morgan fingerprint density at radius 1 is 1.07 bits per heavy atom. The Kier molecular flexibility index (Phi) is 5.01. The molecule has 1 N–H and O–H groups in total. The van der Waals surface area contributed by atoms with E-state index in [0.717, 1.165) is 37.9 Å². The van der Waals surface area contributed by atoms with Crippen LogP contribution in [0.1, 0.15) is 35.2 Å². The molecule has 0 spiro atoms. The molecule has 1 amide bonds. The predicted molar refractivity (Wildman–Crippen MR) is 103 cm³/mol. The Morgan fingerprint density at radius 2 is 1.86 bits per heavy atom. The topological polar surface area (TPSA) is 93.9 Å². The van der Waals surface area contributed by atoms with Gasteiger partial charge >= 0.3 is 0 Å². The van der Waals surface area contributed by atoms with Gasteiger partial charge in [-0.1, -0.05) is 6.07 Å². The lowest BCUT2D eigenvalue weighted by molar-refractivity contribution is -0.384. The number of rotatable bonds is 5. The fourth-order valence-electron chi connectivity index (χ4n) is 3.55. The first-order valence-corrected chi connectivity index (χ1v) is 9.32. The second kappa shape index (κ2) is 7.75.